The van der Waals surface area contributed by atoms with Crippen molar-refractivity contribution in [1.82, 2.24) is 0 Å². The summed E-state index contributed by atoms with van der Waals surface area (Å²) in [5.74, 6) is -1.25. The van der Waals surface area contributed by atoms with Gasteiger partial charge in [0.25, 0.3) is 0 Å². The highest BCUT2D eigenvalue weighted by Gasteiger charge is 2.42. The molecule has 21 heavy (non-hydrogen) atoms. The van der Waals surface area contributed by atoms with Gasteiger partial charge in [-0.15, -0.1) is 0 Å². The zero-order valence-corrected chi connectivity index (χ0v) is 12.5. The molecular weight excluding hydrogens is 268 g/mol. The van der Waals surface area contributed by atoms with E-state index in [9.17, 15) is 14.4 Å². The summed E-state index contributed by atoms with van der Waals surface area (Å²) >= 11 is 0. The lowest BCUT2D eigenvalue weighted by atomic mass is 9.98. The minimum absolute atomic E-state index is 0.218. The van der Waals surface area contributed by atoms with Crippen molar-refractivity contribution in [3.63, 3.8) is 0 Å². The number of fused-ring (bicyclic) bond motifs is 1. The number of Topliss-reactive ketones (excluding diaryl/α,β-unsaturated/α-hetero) is 2. The molecule has 0 spiro atoms. The van der Waals surface area contributed by atoms with E-state index in [2.05, 4.69) is 6.92 Å². The van der Waals surface area contributed by atoms with Crippen molar-refractivity contribution in [3.05, 3.63) is 34.9 Å². The maximum Gasteiger partial charge on any atom is 0.306 e. The Labute approximate surface area is 124 Å². The smallest absolute Gasteiger partial charge is 0.306 e. The molecule has 0 bridgehead atoms. The zero-order chi connectivity index (χ0) is 15.4. The highest BCUT2D eigenvalue weighted by molar-refractivity contribution is 6.29. The number of hydrogen-bond acceptors (Lipinski definition) is 4. The minimum Gasteiger partial charge on any atom is -0.445 e. The average Bonchev–Trinajstić information content (AvgIpc) is 2.71. The van der Waals surface area contributed by atoms with Gasteiger partial charge in [-0.25, -0.2) is 0 Å². The second kappa shape index (κ2) is 6.66. The third kappa shape index (κ3) is 3.04. The molecule has 0 saturated carbocycles. The topological polar surface area (TPSA) is 60.4 Å². The van der Waals surface area contributed by atoms with Crippen LogP contribution < -0.4 is 0 Å². The zero-order valence-electron chi connectivity index (χ0n) is 12.5. The van der Waals surface area contributed by atoms with Gasteiger partial charge in [-0.2, -0.15) is 0 Å². The van der Waals surface area contributed by atoms with E-state index in [0.29, 0.717) is 17.5 Å². The van der Waals surface area contributed by atoms with Gasteiger partial charge in [0.1, 0.15) is 0 Å². The molecule has 2 rings (SSSR count). The van der Waals surface area contributed by atoms with Gasteiger partial charge in [0, 0.05) is 17.5 Å². The highest BCUT2D eigenvalue weighted by Crippen LogP contribution is 2.28. The van der Waals surface area contributed by atoms with E-state index >= 15 is 0 Å². The van der Waals surface area contributed by atoms with Crippen molar-refractivity contribution in [2.24, 2.45) is 0 Å². The van der Waals surface area contributed by atoms with Gasteiger partial charge in [0.15, 0.2) is 0 Å². The molecule has 0 heterocycles. The average molecular weight is 288 g/mol. The molecule has 112 valence electrons. The molecule has 1 atom stereocenters. The number of ether oxygens (including phenoxy) is 1. The van der Waals surface area contributed by atoms with Crippen molar-refractivity contribution >= 4 is 17.5 Å². The Kier molecular flexibility index (Phi) is 4.89. The monoisotopic (exact) mass is 288 g/mol. The Balaban J connectivity index is 2.27. The minimum atomic E-state index is -1.28. The molecular formula is C17H20O4. The fourth-order valence-corrected chi connectivity index (χ4v) is 2.56. The van der Waals surface area contributed by atoms with E-state index in [1.807, 2.05) is 13.0 Å². The number of carbonyl (C=O) groups is 3. The van der Waals surface area contributed by atoms with Crippen LogP contribution in [0.25, 0.3) is 0 Å². The van der Waals surface area contributed by atoms with Crippen LogP contribution >= 0.6 is 0 Å². The van der Waals surface area contributed by atoms with E-state index in [1.165, 1.54) is 0 Å². The van der Waals surface area contributed by atoms with Crippen LogP contribution in [0.2, 0.25) is 0 Å². The lowest BCUT2D eigenvalue weighted by Crippen LogP contribution is -2.28. The molecule has 0 aromatic heterocycles. The van der Waals surface area contributed by atoms with E-state index < -0.39 is 17.9 Å². The molecule has 0 aliphatic heterocycles. The van der Waals surface area contributed by atoms with Crippen molar-refractivity contribution in [3.8, 4) is 0 Å². The summed E-state index contributed by atoms with van der Waals surface area (Å²) in [4.78, 5) is 36.3. The first-order chi connectivity index (χ1) is 10.1. The summed E-state index contributed by atoms with van der Waals surface area (Å²) in [7, 11) is 0. The standard InChI is InChI=1S/C17H20O4/c1-3-5-8-11-9-6-10-12-14(11)16(20)17(15(12)19)21-13(18)7-4-2/h6,9-10,17H,3-5,7-8H2,1-2H3. The van der Waals surface area contributed by atoms with Crippen molar-refractivity contribution in [2.75, 3.05) is 0 Å². The second-order valence-electron chi connectivity index (χ2n) is 5.29. The van der Waals surface area contributed by atoms with Gasteiger partial charge in [-0.05, 0) is 24.8 Å². The molecule has 0 amide bonds. The number of benzene rings is 1. The van der Waals surface area contributed by atoms with Crippen molar-refractivity contribution < 1.29 is 19.1 Å². The van der Waals surface area contributed by atoms with E-state index in [-0.39, 0.29) is 12.2 Å². The number of esters is 1. The highest BCUT2D eigenvalue weighted by atomic mass is 16.5. The molecule has 0 fully saturated rings. The van der Waals surface area contributed by atoms with E-state index in [4.69, 9.17) is 4.74 Å². The predicted molar refractivity (Wildman–Crippen MR) is 78.5 cm³/mol. The Bertz CT molecular complexity index is 574. The van der Waals surface area contributed by atoms with E-state index in [1.54, 1.807) is 12.1 Å². The van der Waals surface area contributed by atoms with E-state index in [0.717, 1.165) is 24.8 Å². The molecule has 1 aliphatic rings. The van der Waals surface area contributed by atoms with Crippen LogP contribution in [0.3, 0.4) is 0 Å². The third-order valence-corrected chi connectivity index (χ3v) is 3.64. The summed E-state index contributed by atoms with van der Waals surface area (Å²) in [5, 5.41) is 0. The summed E-state index contributed by atoms with van der Waals surface area (Å²) in [5.41, 5.74) is 1.72. The van der Waals surface area contributed by atoms with Gasteiger partial charge >= 0.3 is 5.97 Å². The lowest BCUT2D eigenvalue weighted by molar-refractivity contribution is -0.145. The summed E-state index contributed by atoms with van der Waals surface area (Å²) in [6, 6.07) is 5.29. The number of aryl methyl sites for hydroxylation is 1. The van der Waals surface area contributed by atoms with Crippen molar-refractivity contribution in [2.45, 2.75) is 52.1 Å². The summed E-state index contributed by atoms with van der Waals surface area (Å²) in [6.45, 7) is 3.92. The van der Waals surface area contributed by atoms with Crippen LogP contribution in [0, 0.1) is 0 Å². The Morgan fingerprint density at radius 3 is 2.57 bits per heavy atom. The first-order valence-corrected chi connectivity index (χ1v) is 7.49. The quantitative estimate of drug-likeness (QED) is 0.596. The predicted octanol–water partition coefficient (Wildman–Crippen LogP) is 3.12. The normalized spacial score (nSPS) is 17.0. The Morgan fingerprint density at radius 1 is 1.14 bits per heavy atom. The molecule has 1 aromatic carbocycles. The SMILES string of the molecule is CCCCc1cccc2c1C(=O)C(OC(=O)CCC)C2=O. The molecule has 0 saturated heterocycles. The van der Waals surface area contributed by atoms with Crippen LogP contribution in [-0.2, 0) is 16.0 Å². The largest absolute Gasteiger partial charge is 0.445 e. The number of carbonyl (C=O) groups excluding carboxylic acids is 3. The Hall–Kier alpha value is -1.97. The summed E-state index contributed by atoms with van der Waals surface area (Å²) < 4.78 is 5.08. The van der Waals surface area contributed by atoms with Gasteiger partial charge < -0.3 is 4.74 Å². The maximum absolute atomic E-state index is 12.4. The van der Waals surface area contributed by atoms with Crippen LogP contribution in [0.5, 0.6) is 0 Å². The lowest BCUT2D eigenvalue weighted by Gasteiger charge is -2.09. The number of unbranched alkanes of at least 4 members (excludes halogenated alkanes) is 1. The molecule has 0 radical (unpaired) electrons. The molecule has 4 heteroatoms. The fraction of sp³-hybridized carbons (Fsp3) is 0.471. The number of ketones is 2. The first-order valence-electron chi connectivity index (χ1n) is 7.49. The molecule has 1 unspecified atom stereocenters. The van der Waals surface area contributed by atoms with Crippen molar-refractivity contribution in [1.29, 1.82) is 0 Å². The molecule has 4 nitrogen and oxygen atoms in total. The Morgan fingerprint density at radius 2 is 1.90 bits per heavy atom. The molecule has 1 aliphatic carbocycles. The van der Waals surface area contributed by atoms with Gasteiger partial charge in [0.2, 0.25) is 17.7 Å². The fourth-order valence-electron chi connectivity index (χ4n) is 2.56. The van der Waals surface area contributed by atoms with Crippen LogP contribution in [-0.4, -0.2) is 23.6 Å². The van der Waals surface area contributed by atoms with Gasteiger partial charge in [-0.3, -0.25) is 14.4 Å². The molecule has 0 N–H and O–H groups in total. The van der Waals surface area contributed by atoms with Gasteiger partial charge in [0.05, 0.1) is 0 Å². The summed E-state index contributed by atoms with van der Waals surface area (Å²) in [6.07, 6.45) is 2.30. The first kappa shape index (κ1) is 15.4. The molecule has 1 aromatic rings. The third-order valence-electron chi connectivity index (χ3n) is 3.64. The second-order valence-corrected chi connectivity index (χ2v) is 5.29. The van der Waals surface area contributed by atoms with Crippen LogP contribution in [0.1, 0.15) is 65.8 Å². The number of rotatable bonds is 6. The number of hydrogen-bond donors (Lipinski definition) is 0. The van der Waals surface area contributed by atoms with Crippen LogP contribution in [0.15, 0.2) is 18.2 Å². The van der Waals surface area contributed by atoms with Gasteiger partial charge in [-0.1, -0.05) is 38.5 Å². The maximum atomic E-state index is 12.4. The van der Waals surface area contributed by atoms with Crippen LogP contribution in [0.4, 0.5) is 0 Å².